The van der Waals surface area contributed by atoms with Crippen molar-refractivity contribution < 1.29 is 9.53 Å². The molecule has 0 aromatic heterocycles. The van der Waals surface area contributed by atoms with E-state index >= 15 is 0 Å². The van der Waals surface area contributed by atoms with Crippen molar-refractivity contribution >= 4 is 5.78 Å². The molecule has 0 saturated heterocycles. The van der Waals surface area contributed by atoms with Crippen LogP contribution in [0.2, 0.25) is 0 Å². The van der Waals surface area contributed by atoms with Gasteiger partial charge in [-0.1, -0.05) is 12.2 Å². The van der Waals surface area contributed by atoms with Crippen molar-refractivity contribution in [2.75, 3.05) is 7.11 Å². The number of hydrogen-bond donors (Lipinski definition) is 0. The highest BCUT2D eigenvalue weighted by Crippen LogP contribution is 2.48. The smallest absolute Gasteiger partial charge is 0.169 e. The van der Waals surface area contributed by atoms with Gasteiger partial charge >= 0.3 is 0 Å². The largest absolute Gasteiger partial charge is 0.370 e. The number of ether oxygens (including phenoxy) is 1. The van der Waals surface area contributed by atoms with Crippen LogP contribution in [0.3, 0.4) is 0 Å². The Morgan fingerprint density at radius 1 is 1.73 bits per heavy atom. The number of allylic oxidation sites excluding steroid dienone is 1. The second-order valence-electron chi connectivity index (χ2n) is 3.47. The van der Waals surface area contributed by atoms with E-state index in [1.165, 1.54) is 0 Å². The van der Waals surface area contributed by atoms with Crippen LogP contribution in [0.25, 0.3) is 0 Å². The summed E-state index contributed by atoms with van der Waals surface area (Å²) in [6, 6.07) is 0. The van der Waals surface area contributed by atoms with Crippen LogP contribution in [0.15, 0.2) is 12.2 Å². The lowest BCUT2D eigenvalue weighted by molar-refractivity contribution is -0.171. The SMILES string of the molecule is CO[C@@]1(C)C(=O)[C@@H]2CC=C[C@@H]21. The molecule has 0 unspecified atom stereocenters. The van der Waals surface area contributed by atoms with Crippen molar-refractivity contribution in [2.24, 2.45) is 11.8 Å². The van der Waals surface area contributed by atoms with E-state index in [0.29, 0.717) is 5.92 Å². The third-order valence-corrected chi connectivity index (χ3v) is 3.05. The first-order chi connectivity index (χ1) is 5.20. The summed E-state index contributed by atoms with van der Waals surface area (Å²) in [5.41, 5.74) is -0.502. The number of rotatable bonds is 1. The van der Waals surface area contributed by atoms with Crippen LogP contribution in [-0.2, 0) is 9.53 Å². The number of carbonyl (C=O) groups excluding carboxylic acids is 1. The number of methoxy groups -OCH3 is 1. The number of ketones is 1. The summed E-state index contributed by atoms with van der Waals surface area (Å²) < 4.78 is 5.20. The maximum Gasteiger partial charge on any atom is 0.169 e. The zero-order valence-electron chi connectivity index (χ0n) is 6.83. The van der Waals surface area contributed by atoms with Crippen molar-refractivity contribution in [1.82, 2.24) is 0 Å². The fourth-order valence-electron chi connectivity index (χ4n) is 2.16. The molecule has 0 aromatic rings. The van der Waals surface area contributed by atoms with E-state index < -0.39 is 5.60 Å². The molecule has 2 rings (SSSR count). The topological polar surface area (TPSA) is 26.3 Å². The van der Waals surface area contributed by atoms with Gasteiger partial charge in [0, 0.05) is 18.9 Å². The average molecular weight is 152 g/mol. The van der Waals surface area contributed by atoms with Crippen LogP contribution >= 0.6 is 0 Å². The highest BCUT2D eigenvalue weighted by Gasteiger charge is 2.59. The van der Waals surface area contributed by atoms with Crippen molar-refractivity contribution in [1.29, 1.82) is 0 Å². The Kier molecular flexibility index (Phi) is 1.25. The van der Waals surface area contributed by atoms with Gasteiger partial charge < -0.3 is 4.74 Å². The van der Waals surface area contributed by atoms with Gasteiger partial charge in [-0.2, -0.15) is 0 Å². The molecule has 2 heteroatoms. The summed E-state index contributed by atoms with van der Waals surface area (Å²) in [7, 11) is 1.61. The summed E-state index contributed by atoms with van der Waals surface area (Å²) in [6.07, 6.45) is 5.11. The maximum atomic E-state index is 11.4. The molecule has 0 aromatic carbocycles. The first kappa shape index (κ1) is 7.04. The molecule has 0 aliphatic heterocycles. The van der Waals surface area contributed by atoms with E-state index in [9.17, 15) is 4.79 Å². The molecule has 0 radical (unpaired) electrons. The van der Waals surface area contributed by atoms with Gasteiger partial charge in [0.1, 0.15) is 5.60 Å². The summed E-state index contributed by atoms with van der Waals surface area (Å²) in [5.74, 6) is 0.856. The molecule has 0 N–H and O–H groups in total. The molecule has 2 aliphatic carbocycles. The number of fused-ring (bicyclic) bond motifs is 1. The van der Waals surface area contributed by atoms with E-state index in [-0.39, 0.29) is 11.7 Å². The lowest BCUT2D eigenvalue weighted by Crippen LogP contribution is -2.60. The third kappa shape index (κ3) is 0.632. The normalized spacial score (nSPS) is 47.3. The Hall–Kier alpha value is -0.630. The Morgan fingerprint density at radius 3 is 3.09 bits per heavy atom. The van der Waals surface area contributed by atoms with Gasteiger partial charge in [-0.05, 0) is 13.3 Å². The van der Waals surface area contributed by atoms with E-state index in [0.717, 1.165) is 6.42 Å². The van der Waals surface area contributed by atoms with Crippen molar-refractivity contribution in [3.8, 4) is 0 Å². The molecule has 3 atom stereocenters. The van der Waals surface area contributed by atoms with Crippen LogP contribution in [0, 0.1) is 11.8 Å². The molecule has 0 spiro atoms. The zero-order chi connectivity index (χ0) is 8.06. The maximum absolute atomic E-state index is 11.4. The highest BCUT2D eigenvalue weighted by atomic mass is 16.5. The van der Waals surface area contributed by atoms with Gasteiger partial charge in [0.15, 0.2) is 5.78 Å². The third-order valence-electron chi connectivity index (χ3n) is 3.05. The standard InChI is InChI=1S/C9H12O2/c1-9(11-2)7-5-3-4-6(7)8(9)10/h3,5-7H,4H2,1-2H3/t6-,7+,9-/m1/s1. The number of Topliss-reactive ketones (excluding diaryl/α,β-unsaturated/α-hetero) is 1. The van der Waals surface area contributed by atoms with Crippen LogP contribution in [0.5, 0.6) is 0 Å². The molecule has 2 nitrogen and oxygen atoms in total. The molecule has 1 fully saturated rings. The van der Waals surface area contributed by atoms with E-state index in [4.69, 9.17) is 4.74 Å². The first-order valence-corrected chi connectivity index (χ1v) is 3.96. The van der Waals surface area contributed by atoms with Crippen LogP contribution < -0.4 is 0 Å². The first-order valence-electron chi connectivity index (χ1n) is 3.96. The molecule has 0 amide bonds. The minimum absolute atomic E-state index is 0.236. The Labute approximate surface area is 66.2 Å². The lowest BCUT2D eigenvalue weighted by atomic mass is 9.62. The molecule has 1 saturated carbocycles. The van der Waals surface area contributed by atoms with E-state index in [1.54, 1.807) is 7.11 Å². The summed E-state index contributed by atoms with van der Waals surface area (Å²) >= 11 is 0. The fourth-order valence-corrected chi connectivity index (χ4v) is 2.16. The molecule has 11 heavy (non-hydrogen) atoms. The minimum atomic E-state index is -0.502. The van der Waals surface area contributed by atoms with Gasteiger partial charge in [-0.3, -0.25) is 4.79 Å². The second-order valence-corrected chi connectivity index (χ2v) is 3.47. The molecule has 0 bridgehead atoms. The van der Waals surface area contributed by atoms with Gasteiger partial charge in [-0.15, -0.1) is 0 Å². The number of carbonyl (C=O) groups is 1. The number of hydrogen-bond acceptors (Lipinski definition) is 2. The predicted octanol–water partition coefficient (Wildman–Crippen LogP) is 1.17. The van der Waals surface area contributed by atoms with Crippen LogP contribution in [0.1, 0.15) is 13.3 Å². The molecule has 60 valence electrons. The van der Waals surface area contributed by atoms with Crippen molar-refractivity contribution in [3.05, 3.63) is 12.2 Å². The highest BCUT2D eigenvalue weighted by molar-refractivity contribution is 5.97. The fraction of sp³-hybridized carbons (Fsp3) is 0.667. The quantitative estimate of drug-likeness (QED) is 0.527. The van der Waals surface area contributed by atoms with E-state index in [1.807, 2.05) is 6.92 Å². The second kappa shape index (κ2) is 1.95. The Morgan fingerprint density at radius 2 is 2.45 bits per heavy atom. The van der Waals surface area contributed by atoms with Gasteiger partial charge in [0.2, 0.25) is 0 Å². The average Bonchev–Trinajstić information content (AvgIpc) is 2.48. The van der Waals surface area contributed by atoms with Gasteiger partial charge in [0.25, 0.3) is 0 Å². The summed E-state index contributed by atoms with van der Waals surface area (Å²) in [4.78, 5) is 11.4. The van der Waals surface area contributed by atoms with E-state index in [2.05, 4.69) is 12.2 Å². The Bertz CT molecular complexity index is 232. The molecular weight excluding hydrogens is 140 g/mol. The zero-order valence-corrected chi connectivity index (χ0v) is 6.83. The Balaban J connectivity index is 2.26. The molecular formula is C9H12O2. The minimum Gasteiger partial charge on any atom is -0.370 e. The van der Waals surface area contributed by atoms with Crippen LogP contribution in [0.4, 0.5) is 0 Å². The molecule has 0 heterocycles. The lowest BCUT2D eigenvalue weighted by Gasteiger charge is -2.46. The summed E-state index contributed by atoms with van der Waals surface area (Å²) in [6.45, 7) is 1.88. The predicted molar refractivity (Wildman–Crippen MR) is 41.2 cm³/mol. The monoisotopic (exact) mass is 152 g/mol. The molecule has 2 aliphatic rings. The van der Waals surface area contributed by atoms with Crippen molar-refractivity contribution in [3.63, 3.8) is 0 Å². The van der Waals surface area contributed by atoms with Gasteiger partial charge in [0.05, 0.1) is 0 Å². The van der Waals surface area contributed by atoms with Crippen LogP contribution in [-0.4, -0.2) is 18.5 Å². The van der Waals surface area contributed by atoms with Crippen molar-refractivity contribution in [2.45, 2.75) is 18.9 Å². The summed E-state index contributed by atoms with van der Waals surface area (Å²) in [5, 5.41) is 0. The van der Waals surface area contributed by atoms with Gasteiger partial charge in [-0.25, -0.2) is 0 Å².